The van der Waals surface area contributed by atoms with Crippen molar-refractivity contribution in [1.82, 2.24) is 14.8 Å². The van der Waals surface area contributed by atoms with E-state index in [-0.39, 0.29) is 29.1 Å². The maximum Gasteiger partial charge on any atom is 0.387 e. The molecule has 3 aromatic rings. The van der Waals surface area contributed by atoms with Crippen LogP contribution in [-0.2, 0) is 4.79 Å². The van der Waals surface area contributed by atoms with Crippen molar-refractivity contribution >= 4 is 23.4 Å². The Kier molecular flexibility index (Phi) is 7.99. The van der Waals surface area contributed by atoms with E-state index in [0.717, 1.165) is 42.8 Å². The molecule has 0 unspecified atom stereocenters. The number of thioether (sulfide) groups is 1. The van der Waals surface area contributed by atoms with Crippen LogP contribution in [0.5, 0.6) is 11.5 Å². The van der Waals surface area contributed by atoms with Crippen molar-refractivity contribution in [2.45, 2.75) is 49.9 Å². The summed E-state index contributed by atoms with van der Waals surface area (Å²) in [5, 5.41) is 12.1. The van der Waals surface area contributed by atoms with Crippen LogP contribution in [0.1, 0.15) is 38.1 Å². The normalized spacial score (nSPS) is 14.2. The van der Waals surface area contributed by atoms with Gasteiger partial charge in [0.25, 0.3) is 0 Å². The number of aromatic nitrogens is 3. The van der Waals surface area contributed by atoms with E-state index >= 15 is 0 Å². The Morgan fingerprint density at radius 3 is 2.56 bits per heavy atom. The van der Waals surface area contributed by atoms with Crippen LogP contribution in [0.15, 0.2) is 53.7 Å². The van der Waals surface area contributed by atoms with Gasteiger partial charge >= 0.3 is 6.61 Å². The summed E-state index contributed by atoms with van der Waals surface area (Å²) >= 11 is 1.27. The van der Waals surface area contributed by atoms with Crippen LogP contribution < -0.4 is 14.8 Å². The zero-order valence-corrected chi connectivity index (χ0v) is 19.6. The number of nitrogens with one attached hydrogen (secondary N) is 1. The van der Waals surface area contributed by atoms with Gasteiger partial charge in [-0.3, -0.25) is 9.36 Å². The molecule has 1 saturated carbocycles. The molecule has 34 heavy (non-hydrogen) atoms. The Morgan fingerprint density at radius 2 is 1.85 bits per heavy atom. The van der Waals surface area contributed by atoms with Crippen LogP contribution in [0, 0.1) is 0 Å². The number of carbonyl (C=O) groups excluding carboxylic acids is 1. The molecular weight excluding hydrogens is 462 g/mol. The summed E-state index contributed by atoms with van der Waals surface area (Å²) in [6.07, 6.45) is 5.53. The maximum absolute atomic E-state index is 12.6. The van der Waals surface area contributed by atoms with E-state index in [4.69, 9.17) is 4.74 Å². The second kappa shape index (κ2) is 11.3. The van der Waals surface area contributed by atoms with E-state index in [2.05, 4.69) is 24.8 Å². The van der Waals surface area contributed by atoms with Gasteiger partial charge in [-0.05, 0) is 49.2 Å². The Labute approximate surface area is 200 Å². The van der Waals surface area contributed by atoms with Crippen LogP contribution in [-0.4, -0.2) is 40.1 Å². The molecule has 7 nitrogen and oxygen atoms in total. The Hall–Kier alpha value is -3.14. The van der Waals surface area contributed by atoms with E-state index in [1.54, 1.807) is 19.2 Å². The number of amides is 1. The first-order valence-electron chi connectivity index (χ1n) is 11.1. The third-order valence-electron chi connectivity index (χ3n) is 5.66. The summed E-state index contributed by atoms with van der Waals surface area (Å²) in [4.78, 5) is 12.6. The van der Waals surface area contributed by atoms with E-state index < -0.39 is 6.61 Å². The van der Waals surface area contributed by atoms with E-state index in [9.17, 15) is 13.6 Å². The van der Waals surface area contributed by atoms with Crippen LogP contribution in [0.2, 0.25) is 0 Å². The van der Waals surface area contributed by atoms with Gasteiger partial charge in [0.05, 0.1) is 18.6 Å². The van der Waals surface area contributed by atoms with Crippen LogP contribution in [0.3, 0.4) is 0 Å². The van der Waals surface area contributed by atoms with Crippen molar-refractivity contribution in [3.63, 3.8) is 0 Å². The Morgan fingerprint density at radius 1 is 1.12 bits per heavy atom. The molecule has 2 aromatic carbocycles. The van der Waals surface area contributed by atoms with Gasteiger partial charge in [0.15, 0.2) is 11.0 Å². The quantitative estimate of drug-likeness (QED) is 0.384. The first-order chi connectivity index (χ1) is 16.5. The average Bonchev–Trinajstić information content (AvgIpc) is 3.28. The molecule has 0 aliphatic heterocycles. The number of anilines is 1. The Bertz CT molecular complexity index is 1100. The number of ether oxygens (including phenoxy) is 2. The molecule has 1 heterocycles. The molecule has 1 fully saturated rings. The molecule has 1 aromatic heterocycles. The van der Waals surface area contributed by atoms with Crippen LogP contribution in [0.25, 0.3) is 11.4 Å². The summed E-state index contributed by atoms with van der Waals surface area (Å²) in [6, 6.07) is 14.0. The summed E-state index contributed by atoms with van der Waals surface area (Å²) in [5.41, 5.74) is 1.12. The monoisotopic (exact) mass is 488 g/mol. The van der Waals surface area contributed by atoms with Crippen molar-refractivity contribution in [3.8, 4) is 22.9 Å². The van der Waals surface area contributed by atoms with Gasteiger partial charge in [-0.15, -0.1) is 10.2 Å². The topological polar surface area (TPSA) is 78.3 Å². The molecule has 10 heteroatoms. The van der Waals surface area contributed by atoms with Gasteiger partial charge in [0, 0.05) is 11.6 Å². The highest BCUT2D eigenvalue weighted by Gasteiger charge is 2.24. The molecule has 0 bridgehead atoms. The predicted molar refractivity (Wildman–Crippen MR) is 127 cm³/mol. The van der Waals surface area contributed by atoms with Gasteiger partial charge in [0.2, 0.25) is 5.91 Å². The maximum atomic E-state index is 12.6. The zero-order chi connectivity index (χ0) is 23.9. The molecule has 0 saturated heterocycles. The standard InChI is InChI=1S/C24H26F2N4O3S/c1-32-18-13-11-16(12-14-18)22-28-29-24(30(22)17-7-3-2-4-8-17)34-15-21(31)27-19-9-5-6-10-20(19)33-23(25)26/h5-6,9-14,17,23H,2-4,7-8,15H2,1H3,(H,27,31). The lowest BCUT2D eigenvalue weighted by Crippen LogP contribution is -2.18. The van der Waals surface area contributed by atoms with E-state index in [1.807, 2.05) is 24.3 Å². The highest BCUT2D eigenvalue weighted by Crippen LogP contribution is 2.36. The minimum atomic E-state index is -2.97. The number of alkyl halides is 2. The van der Waals surface area contributed by atoms with Gasteiger partial charge in [-0.1, -0.05) is 43.2 Å². The van der Waals surface area contributed by atoms with Gasteiger partial charge in [0.1, 0.15) is 11.5 Å². The van der Waals surface area contributed by atoms with Gasteiger partial charge in [-0.25, -0.2) is 0 Å². The summed E-state index contributed by atoms with van der Waals surface area (Å²) in [6.45, 7) is -2.97. The lowest BCUT2D eigenvalue weighted by molar-refractivity contribution is -0.113. The first kappa shape index (κ1) is 24.0. The van der Waals surface area contributed by atoms with Crippen molar-refractivity contribution < 1.29 is 23.0 Å². The zero-order valence-electron chi connectivity index (χ0n) is 18.7. The number of nitrogens with zero attached hydrogens (tertiary/aromatic N) is 3. The molecule has 0 radical (unpaired) electrons. The molecule has 1 N–H and O–H groups in total. The molecular formula is C24H26F2N4O3S. The van der Waals surface area contributed by atoms with Crippen molar-refractivity contribution in [1.29, 1.82) is 0 Å². The third kappa shape index (κ3) is 5.85. The lowest BCUT2D eigenvalue weighted by Gasteiger charge is -2.25. The number of hydrogen-bond donors (Lipinski definition) is 1. The fourth-order valence-electron chi connectivity index (χ4n) is 4.07. The second-order valence-electron chi connectivity index (χ2n) is 7.91. The predicted octanol–water partition coefficient (Wildman–Crippen LogP) is 5.79. The van der Waals surface area contributed by atoms with Crippen molar-refractivity contribution in [2.24, 2.45) is 0 Å². The molecule has 1 aliphatic rings. The molecule has 1 amide bonds. The second-order valence-corrected chi connectivity index (χ2v) is 8.85. The Balaban J connectivity index is 1.51. The smallest absolute Gasteiger partial charge is 0.387 e. The fraction of sp³-hybridized carbons (Fsp3) is 0.375. The number of methoxy groups -OCH3 is 1. The number of hydrogen-bond acceptors (Lipinski definition) is 6. The van der Waals surface area contributed by atoms with Gasteiger partial charge in [-0.2, -0.15) is 8.78 Å². The first-order valence-corrected chi connectivity index (χ1v) is 12.1. The molecule has 0 spiro atoms. The molecule has 180 valence electrons. The molecule has 0 atom stereocenters. The van der Waals surface area contributed by atoms with Gasteiger partial charge < -0.3 is 14.8 Å². The van der Waals surface area contributed by atoms with Crippen molar-refractivity contribution in [2.75, 3.05) is 18.2 Å². The van der Waals surface area contributed by atoms with E-state index in [0.29, 0.717) is 5.16 Å². The molecule has 4 rings (SSSR count). The van der Waals surface area contributed by atoms with Crippen molar-refractivity contribution in [3.05, 3.63) is 48.5 Å². The highest BCUT2D eigenvalue weighted by molar-refractivity contribution is 7.99. The highest BCUT2D eigenvalue weighted by atomic mass is 32.2. The largest absolute Gasteiger partial charge is 0.497 e. The minimum absolute atomic E-state index is 0.0521. The fourth-order valence-corrected chi connectivity index (χ4v) is 4.87. The summed E-state index contributed by atoms with van der Waals surface area (Å²) in [7, 11) is 1.62. The minimum Gasteiger partial charge on any atom is -0.497 e. The lowest BCUT2D eigenvalue weighted by atomic mass is 9.95. The number of para-hydroxylation sites is 2. The van der Waals surface area contributed by atoms with Crippen LogP contribution >= 0.6 is 11.8 Å². The SMILES string of the molecule is COc1ccc(-c2nnc(SCC(=O)Nc3ccccc3OC(F)F)n2C2CCCCC2)cc1. The molecule has 1 aliphatic carbocycles. The third-order valence-corrected chi connectivity index (χ3v) is 6.61. The summed E-state index contributed by atoms with van der Waals surface area (Å²) in [5.74, 6) is 1.14. The average molecular weight is 489 g/mol. The van der Waals surface area contributed by atoms with Crippen LogP contribution in [0.4, 0.5) is 14.5 Å². The number of rotatable bonds is 9. The number of benzene rings is 2. The number of halogens is 2. The number of carbonyl (C=O) groups is 1. The van der Waals surface area contributed by atoms with E-state index in [1.165, 1.54) is 30.3 Å². The summed E-state index contributed by atoms with van der Waals surface area (Å²) < 4.78 is 37.2.